The molecule has 0 radical (unpaired) electrons. The number of hydrogen-bond acceptors (Lipinski definition) is 6. The molecule has 3 rings (SSSR count). The van der Waals surface area contributed by atoms with E-state index >= 15 is 0 Å². The summed E-state index contributed by atoms with van der Waals surface area (Å²) >= 11 is 0. The summed E-state index contributed by atoms with van der Waals surface area (Å²) in [6.07, 6.45) is 3.48. The van der Waals surface area contributed by atoms with Gasteiger partial charge in [-0.25, -0.2) is 4.83 Å². The van der Waals surface area contributed by atoms with Gasteiger partial charge in [-0.2, -0.15) is 13.5 Å². The molecular weight excluding hydrogens is 406 g/mol. The molecule has 2 N–H and O–H groups in total. The highest BCUT2D eigenvalue weighted by Crippen LogP contribution is 2.13. The summed E-state index contributed by atoms with van der Waals surface area (Å²) < 4.78 is 35.3. The Hall–Kier alpha value is -2.91. The average Bonchev–Trinajstić information content (AvgIpc) is 3.25. The maximum atomic E-state index is 12.2. The fourth-order valence-corrected chi connectivity index (χ4v) is 3.61. The summed E-state index contributed by atoms with van der Waals surface area (Å²) in [5.41, 5.74) is 1.65. The van der Waals surface area contributed by atoms with Gasteiger partial charge in [-0.3, -0.25) is 4.79 Å². The Morgan fingerprint density at radius 2 is 1.93 bits per heavy atom. The third-order valence-electron chi connectivity index (χ3n) is 4.52. The molecule has 160 valence electrons. The Balaban J connectivity index is 1.44. The van der Waals surface area contributed by atoms with Crippen LogP contribution in [0, 0.1) is 6.92 Å². The molecule has 0 aliphatic carbocycles. The molecule has 1 fully saturated rings. The van der Waals surface area contributed by atoms with E-state index in [-0.39, 0.29) is 23.5 Å². The van der Waals surface area contributed by atoms with Crippen LogP contribution in [0.5, 0.6) is 5.75 Å². The summed E-state index contributed by atoms with van der Waals surface area (Å²) in [5, 5.41) is 6.59. The number of amides is 1. The van der Waals surface area contributed by atoms with Gasteiger partial charge < -0.3 is 14.8 Å². The summed E-state index contributed by atoms with van der Waals surface area (Å²) in [4.78, 5) is 14.2. The van der Waals surface area contributed by atoms with Gasteiger partial charge in [0.25, 0.3) is 15.9 Å². The number of benzene rings is 2. The number of carbonyl (C=O) groups is 1. The summed E-state index contributed by atoms with van der Waals surface area (Å²) in [6.45, 7) is 3.04. The van der Waals surface area contributed by atoms with Gasteiger partial charge in [-0.15, -0.1) is 0 Å². The van der Waals surface area contributed by atoms with Gasteiger partial charge in [0.15, 0.2) is 6.61 Å². The van der Waals surface area contributed by atoms with Crippen LogP contribution in [0.3, 0.4) is 0 Å². The predicted octanol–water partition coefficient (Wildman–Crippen LogP) is 1.98. The largest absolute Gasteiger partial charge is 0.484 e. The van der Waals surface area contributed by atoms with E-state index in [9.17, 15) is 13.2 Å². The zero-order valence-electron chi connectivity index (χ0n) is 16.7. The Morgan fingerprint density at radius 3 is 2.60 bits per heavy atom. The second-order valence-electron chi connectivity index (χ2n) is 6.96. The predicted molar refractivity (Wildman–Crippen MR) is 113 cm³/mol. The molecule has 0 spiro atoms. The van der Waals surface area contributed by atoms with Gasteiger partial charge >= 0.3 is 0 Å². The van der Waals surface area contributed by atoms with E-state index < -0.39 is 10.0 Å². The van der Waals surface area contributed by atoms with Crippen molar-refractivity contribution in [2.75, 3.05) is 19.8 Å². The lowest BCUT2D eigenvalue weighted by Gasteiger charge is -2.11. The standard InChI is InChI=1S/C21H25N3O5S/c1-16-4-10-20(11-5-16)30(26,27)24-23-13-17-6-8-18(9-7-17)29-15-21(25)22-14-19-3-2-12-28-19/h4-11,13,19,24H,2-3,12,14-15H2,1H3,(H,22,25)/b23-13+. The van der Waals surface area contributed by atoms with Gasteiger partial charge in [0.1, 0.15) is 5.75 Å². The number of rotatable bonds is 9. The van der Waals surface area contributed by atoms with Crippen LogP contribution in [-0.4, -0.2) is 46.4 Å². The lowest BCUT2D eigenvalue weighted by atomic mass is 10.2. The van der Waals surface area contributed by atoms with Crippen molar-refractivity contribution >= 4 is 22.1 Å². The van der Waals surface area contributed by atoms with Gasteiger partial charge in [0, 0.05) is 13.2 Å². The average molecular weight is 432 g/mol. The van der Waals surface area contributed by atoms with E-state index in [0.717, 1.165) is 25.0 Å². The number of sulfonamides is 1. The summed E-state index contributed by atoms with van der Waals surface area (Å²) in [7, 11) is -3.71. The molecule has 2 aromatic carbocycles. The fourth-order valence-electron chi connectivity index (χ4n) is 2.82. The van der Waals surface area contributed by atoms with Crippen molar-refractivity contribution in [2.45, 2.75) is 30.8 Å². The maximum absolute atomic E-state index is 12.2. The van der Waals surface area contributed by atoms with Crippen LogP contribution in [0.1, 0.15) is 24.0 Å². The molecule has 1 atom stereocenters. The molecular formula is C21H25N3O5S. The monoisotopic (exact) mass is 431 g/mol. The minimum Gasteiger partial charge on any atom is -0.484 e. The fraction of sp³-hybridized carbons (Fsp3) is 0.333. The van der Waals surface area contributed by atoms with Crippen LogP contribution in [0.15, 0.2) is 58.5 Å². The van der Waals surface area contributed by atoms with Crippen LogP contribution in [0.4, 0.5) is 0 Å². The number of hydrazone groups is 1. The number of aryl methyl sites for hydroxylation is 1. The zero-order valence-corrected chi connectivity index (χ0v) is 17.5. The third-order valence-corrected chi connectivity index (χ3v) is 5.76. The highest BCUT2D eigenvalue weighted by Gasteiger charge is 2.16. The molecule has 30 heavy (non-hydrogen) atoms. The minimum absolute atomic E-state index is 0.0868. The van der Waals surface area contributed by atoms with Gasteiger partial charge in [0.2, 0.25) is 0 Å². The molecule has 1 heterocycles. The smallest absolute Gasteiger partial charge is 0.276 e. The molecule has 0 saturated carbocycles. The third kappa shape index (κ3) is 6.57. The molecule has 9 heteroatoms. The molecule has 1 aliphatic rings. The van der Waals surface area contributed by atoms with Gasteiger partial charge in [-0.05, 0) is 61.7 Å². The Labute approximate surface area is 176 Å². The lowest BCUT2D eigenvalue weighted by molar-refractivity contribution is -0.123. The van der Waals surface area contributed by atoms with Crippen molar-refractivity contribution in [3.63, 3.8) is 0 Å². The second kappa shape index (κ2) is 10.2. The number of nitrogens with one attached hydrogen (secondary N) is 2. The summed E-state index contributed by atoms with van der Waals surface area (Å²) in [6, 6.07) is 13.3. The van der Waals surface area contributed by atoms with Crippen molar-refractivity contribution in [1.82, 2.24) is 10.1 Å². The number of nitrogens with zero attached hydrogens (tertiary/aromatic N) is 1. The Bertz CT molecular complexity index is 967. The Kier molecular flexibility index (Phi) is 7.42. The number of hydrogen-bond donors (Lipinski definition) is 2. The number of carbonyl (C=O) groups excluding carboxylic acids is 1. The Morgan fingerprint density at radius 1 is 1.20 bits per heavy atom. The van der Waals surface area contributed by atoms with Gasteiger partial charge in [0.05, 0.1) is 17.2 Å². The van der Waals surface area contributed by atoms with E-state index in [0.29, 0.717) is 17.9 Å². The van der Waals surface area contributed by atoms with E-state index in [1.807, 2.05) is 6.92 Å². The summed E-state index contributed by atoms with van der Waals surface area (Å²) in [5.74, 6) is 0.321. The van der Waals surface area contributed by atoms with E-state index in [4.69, 9.17) is 9.47 Å². The normalized spacial score (nSPS) is 16.5. The van der Waals surface area contributed by atoms with E-state index in [1.54, 1.807) is 36.4 Å². The van der Waals surface area contributed by atoms with Crippen molar-refractivity contribution < 1.29 is 22.7 Å². The lowest BCUT2D eigenvalue weighted by Crippen LogP contribution is -2.35. The molecule has 1 unspecified atom stereocenters. The van der Waals surface area contributed by atoms with Crippen LogP contribution >= 0.6 is 0 Å². The van der Waals surface area contributed by atoms with Crippen molar-refractivity contribution in [1.29, 1.82) is 0 Å². The topological polar surface area (TPSA) is 106 Å². The first kappa shape index (κ1) is 21.8. The van der Waals surface area contributed by atoms with Crippen LogP contribution in [-0.2, 0) is 19.6 Å². The maximum Gasteiger partial charge on any atom is 0.276 e. The van der Waals surface area contributed by atoms with E-state index in [1.165, 1.54) is 18.3 Å². The number of ether oxygens (including phenoxy) is 2. The minimum atomic E-state index is -3.71. The van der Waals surface area contributed by atoms with Gasteiger partial charge in [-0.1, -0.05) is 17.7 Å². The van der Waals surface area contributed by atoms with E-state index in [2.05, 4.69) is 15.2 Å². The zero-order chi connectivity index (χ0) is 21.4. The van der Waals surface area contributed by atoms with Crippen molar-refractivity contribution in [3.8, 4) is 5.75 Å². The highest BCUT2D eigenvalue weighted by atomic mass is 32.2. The van der Waals surface area contributed by atoms with Crippen molar-refractivity contribution in [2.24, 2.45) is 5.10 Å². The molecule has 2 aromatic rings. The molecule has 0 aromatic heterocycles. The first-order chi connectivity index (χ1) is 14.4. The first-order valence-electron chi connectivity index (χ1n) is 9.65. The molecule has 1 amide bonds. The molecule has 8 nitrogen and oxygen atoms in total. The SMILES string of the molecule is Cc1ccc(S(=O)(=O)N/N=C/c2ccc(OCC(=O)NCC3CCCO3)cc2)cc1. The van der Waals surface area contributed by atoms with Crippen LogP contribution < -0.4 is 14.9 Å². The van der Waals surface area contributed by atoms with Crippen molar-refractivity contribution in [3.05, 3.63) is 59.7 Å². The van der Waals surface area contributed by atoms with Crippen LogP contribution in [0.2, 0.25) is 0 Å². The van der Waals surface area contributed by atoms with Crippen LogP contribution in [0.25, 0.3) is 0 Å². The molecule has 1 aliphatic heterocycles. The first-order valence-corrected chi connectivity index (χ1v) is 11.1. The highest BCUT2D eigenvalue weighted by molar-refractivity contribution is 7.89. The second-order valence-corrected chi connectivity index (χ2v) is 8.62. The molecule has 1 saturated heterocycles. The molecule has 0 bridgehead atoms. The quantitative estimate of drug-likeness (QED) is 0.467.